The van der Waals surface area contributed by atoms with E-state index in [9.17, 15) is 23.1 Å². The third-order valence-electron chi connectivity index (χ3n) is 4.52. The molecule has 0 aliphatic rings. The van der Waals surface area contributed by atoms with Gasteiger partial charge < -0.3 is 15.6 Å². The van der Waals surface area contributed by atoms with Gasteiger partial charge in [-0.1, -0.05) is 36.3 Å². The Morgan fingerprint density at radius 2 is 1.78 bits per heavy atom. The average molecular weight is 471 g/mol. The van der Waals surface area contributed by atoms with Gasteiger partial charge in [0, 0.05) is 0 Å². The van der Waals surface area contributed by atoms with Crippen LogP contribution < -0.4 is 14.8 Å². The van der Waals surface area contributed by atoms with Crippen molar-refractivity contribution in [2.24, 2.45) is 5.73 Å². The molecule has 1 aromatic heterocycles. The Kier molecular flexibility index (Phi) is 6.53. The monoisotopic (exact) mass is 470 g/mol. The molecule has 0 bridgehead atoms. The predicted octanol–water partition coefficient (Wildman–Crippen LogP) is 2.93. The van der Waals surface area contributed by atoms with Crippen molar-refractivity contribution in [2.75, 3.05) is 11.4 Å². The first kappa shape index (κ1) is 22.9. The molecule has 0 saturated carbocycles. The van der Waals surface area contributed by atoms with E-state index in [0.29, 0.717) is 22.6 Å². The first-order chi connectivity index (χ1) is 15.2. The number of methoxy groups -OCH3 is 1. The number of primary amides is 1. The van der Waals surface area contributed by atoms with Crippen LogP contribution in [0, 0.1) is 12.3 Å². The highest BCUT2D eigenvalue weighted by molar-refractivity contribution is 7.92. The molecule has 0 atom stereocenters. The number of sulfonamides is 1. The number of hydrogen-bond donors (Lipinski definition) is 2. The van der Waals surface area contributed by atoms with Crippen molar-refractivity contribution in [3.05, 3.63) is 75.5 Å². The molecule has 0 aliphatic heterocycles. The number of rotatable bonds is 8. The van der Waals surface area contributed by atoms with E-state index in [1.54, 1.807) is 30.3 Å². The summed E-state index contributed by atoms with van der Waals surface area (Å²) in [5, 5.41) is 9.82. The molecule has 32 heavy (non-hydrogen) atoms. The van der Waals surface area contributed by atoms with Gasteiger partial charge in [0.05, 0.1) is 24.2 Å². The van der Waals surface area contributed by atoms with Gasteiger partial charge >= 0.3 is 5.97 Å². The van der Waals surface area contributed by atoms with Crippen LogP contribution in [0.15, 0.2) is 59.5 Å². The molecular weight excluding hydrogens is 452 g/mol. The number of carboxylic acids is 1. The molecule has 164 valence electrons. The zero-order valence-electron chi connectivity index (χ0n) is 16.8. The third-order valence-corrected chi connectivity index (χ3v) is 7.40. The molecule has 1 heterocycles. The highest BCUT2D eigenvalue weighted by atomic mass is 32.2. The first-order valence-electron chi connectivity index (χ1n) is 9.08. The van der Waals surface area contributed by atoms with Crippen molar-refractivity contribution in [3.8, 4) is 18.1 Å². The Morgan fingerprint density at radius 1 is 1.16 bits per heavy atom. The van der Waals surface area contributed by atoms with E-state index in [-0.39, 0.29) is 26.9 Å². The van der Waals surface area contributed by atoms with Gasteiger partial charge in [-0.3, -0.25) is 9.10 Å². The fourth-order valence-electron chi connectivity index (χ4n) is 3.04. The number of terminal acetylenes is 1. The Morgan fingerprint density at radius 3 is 2.28 bits per heavy atom. The number of anilines is 1. The number of thiophene rings is 1. The highest BCUT2D eigenvalue weighted by Crippen LogP contribution is 2.39. The molecule has 0 fully saturated rings. The van der Waals surface area contributed by atoms with Crippen LogP contribution in [0.2, 0.25) is 0 Å². The molecule has 8 nitrogen and oxygen atoms in total. The Balaban J connectivity index is 2.30. The van der Waals surface area contributed by atoms with E-state index in [1.807, 2.05) is 0 Å². The average Bonchev–Trinajstić information content (AvgIpc) is 3.18. The lowest BCUT2D eigenvalue weighted by atomic mass is 10.1. The van der Waals surface area contributed by atoms with E-state index in [4.69, 9.17) is 16.9 Å². The predicted molar refractivity (Wildman–Crippen MR) is 121 cm³/mol. The lowest BCUT2D eigenvalue weighted by Gasteiger charge is -2.25. The molecule has 0 saturated heterocycles. The summed E-state index contributed by atoms with van der Waals surface area (Å²) in [6.07, 6.45) is 5.56. The number of hydrogen-bond acceptors (Lipinski definition) is 6. The number of carboxylic acid groups (broad SMARTS) is 1. The van der Waals surface area contributed by atoms with E-state index in [2.05, 4.69) is 5.92 Å². The van der Waals surface area contributed by atoms with Crippen molar-refractivity contribution < 1.29 is 27.9 Å². The van der Waals surface area contributed by atoms with Crippen molar-refractivity contribution in [3.63, 3.8) is 0 Å². The molecule has 0 aliphatic carbocycles. The number of amides is 1. The summed E-state index contributed by atoms with van der Waals surface area (Å²) < 4.78 is 33.3. The maximum Gasteiger partial charge on any atom is 0.339 e. The van der Waals surface area contributed by atoms with Gasteiger partial charge in [0.25, 0.3) is 15.9 Å². The minimum Gasteiger partial charge on any atom is -0.497 e. The molecular formula is C22H18N2O6S2. The molecule has 0 radical (unpaired) electrons. The van der Waals surface area contributed by atoms with Crippen molar-refractivity contribution >= 4 is 38.9 Å². The number of aromatic carboxylic acids is 1. The summed E-state index contributed by atoms with van der Waals surface area (Å²) in [6, 6.07) is 14.2. The summed E-state index contributed by atoms with van der Waals surface area (Å²) in [4.78, 5) is 23.5. The van der Waals surface area contributed by atoms with Gasteiger partial charge in [0.2, 0.25) is 0 Å². The number of nitrogens with two attached hydrogens (primary N) is 1. The zero-order chi connectivity index (χ0) is 23.5. The minimum atomic E-state index is -4.30. The summed E-state index contributed by atoms with van der Waals surface area (Å²) in [5.74, 6) is 0.205. The van der Waals surface area contributed by atoms with Crippen LogP contribution >= 0.6 is 11.3 Å². The zero-order valence-corrected chi connectivity index (χ0v) is 18.4. The molecule has 0 unspecified atom stereocenters. The van der Waals surface area contributed by atoms with Crippen LogP contribution in [0.1, 0.15) is 30.5 Å². The van der Waals surface area contributed by atoms with Crippen LogP contribution in [-0.4, -0.2) is 32.5 Å². The lowest BCUT2D eigenvalue weighted by Crippen LogP contribution is -2.32. The molecule has 3 rings (SSSR count). The second-order valence-electron chi connectivity index (χ2n) is 6.47. The highest BCUT2D eigenvalue weighted by Gasteiger charge is 2.35. The quantitative estimate of drug-likeness (QED) is 0.488. The van der Waals surface area contributed by atoms with Crippen LogP contribution in [-0.2, 0) is 16.6 Å². The molecule has 3 aromatic rings. The second-order valence-corrected chi connectivity index (χ2v) is 9.35. The van der Waals surface area contributed by atoms with Crippen LogP contribution in [0.5, 0.6) is 5.75 Å². The van der Waals surface area contributed by atoms with Gasteiger partial charge in [-0.05, 0) is 29.8 Å². The fraction of sp³-hybridized carbons (Fsp3) is 0.0909. The standard InChI is InChI=1S/C22H18N2O6S2/c1-3-17-19(18(22(26)27)20(31-17)21(23)25)24(13-14-7-5-4-6-8-14)32(28,29)16-11-9-15(30-2)10-12-16/h1,4-12H,13H2,2H3,(H2,23,25)(H,26,27). The largest absolute Gasteiger partial charge is 0.497 e. The van der Waals surface area contributed by atoms with Gasteiger partial charge in [-0.2, -0.15) is 0 Å². The van der Waals surface area contributed by atoms with E-state index < -0.39 is 27.5 Å². The number of ether oxygens (including phenoxy) is 1. The van der Waals surface area contributed by atoms with E-state index >= 15 is 0 Å². The minimum absolute atomic E-state index is 0.0378. The molecule has 10 heteroatoms. The van der Waals surface area contributed by atoms with Gasteiger partial charge in [0.15, 0.2) is 0 Å². The van der Waals surface area contributed by atoms with E-state index in [1.165, 1.54) is 31.4 Å². The van der Waals surface area contributed by atoms with Crippen LogP contribution in [0.4, 0.5) is 5.69 Å². The molecule has 2 aromatic carbocycles. The van der Waals surface area contributed by atoms with Gasteiger partial charge in [0.1, 0.15) is 21.1 Å². The summed E-state index contributed by atoms with van der Waals surface area (Å²) in [5.41, 5.74) is 5.10. The Hall–Kier alpha value is -3.81. The van der Waals surface area contributed by atoms with Crippen molar-refractivity contribution in [1.82, 2.24) is 0 Å². The summed E-state index contributed by atoms with van der Waals surface area (Å²) in [6.45, 7) is -0.223. The van der Waals surface area contributed by atoms with Gasteiger partial charge in [-0.15, -0.1) is 17.8 Å². The molecule has 3 N–H and O–H groups in total. The van der Waals surface area contributed by atoms with E-state index in [0.717, 1.165) is 4.31 Å². The summed E-state index contributed by atoms with van der Waals surface area (Å²) >= 11 is 0.661. The number of nitrogens with zero attached hydrogens (tertiary/aromatic N) is 1. The van der Waals surface area contributed by atoms with Crippen molar-refractivity contribution in [2.45, 2.75) is 11.4 Å². The lowest BCUT2D eigenvalue weighted by molar-refractivity contribution is 0.0694. The van der Waals surface area contributed by atoms with Crippen molar-refractivity contribution in [1.29, 1.82) is 0 Å². The molecule has 1 amide bonds. The molecule has 0 spiro atoms. The fourth-order valence-corrected chi connectivity index (χ4v) is 5.53. The maximum atomic E-state index is 13.7. The topological polar surface area (TPSA) is 127 Å². The Bertz CT molecular complexity index is 1310. The first-order valence-corrected chi connectivity index (χ1v) is 11.3. The number of carbonyl (C=O) groups excluding carboxylic acids is 1. The Labute approximate surface area is 188 Å². The summed E-state index contributed by atoms with van der Waals surface area (Å²) in [7, 11) is -2.86. The SMILES string of the molecule is C#Cc1sc(C(N)=O)c(C(=O)O)c1N(Cc1ccccc1)S(=O)(=O)c1ccc(OC)cc1. The maximum absolute atomic E-state index is 13.7. The third kappa shape index (κ3) is 4.30. The number of benzene rings is 2. The van der Waals surface area contributed by atoms with Crippen LogP contribution in [0.25, 0.3) is 0 Å². The number of carbonyl (C=O) groups is 2. The smallest absolute Gasteiger partial charge is 0.339 e. The normalized spacial score (nSPS) is 10.9. The van der Waals surface area contributed by atoms with Crippen LogP contribution in [0.3, 0.4) is 0 Å². The van der Waals surface area contributed by atoms with Gasteiger partial charge in [-0.25, -0.2) is 13.2 Å². The second kappa shape index (κ2) is 9.13.